The number of rotatable bonds is 3. The molecule has 0 spiro atoms. The number of benzene rings is 1. The van der Waals surface area contributed by atoms with E-state index in [1.807, 2.05) is 0 Å². The second kappa shape index (κ2) is 4.39. The van der Waals surface area contributed by atoms with E-state index in [1.54, 1.807) is 12.1 Å². The van der Waals surface area contributed by atoms with Crippen molar-refractivity contribution in [2.75, 3.05) is 20.2 Å². The first kappa shape index (κ1) is 11.4. The summed E-state index contributed by atoms with van der Waals surface area (Å²) >= 11 is 0. The Morgan fingerprint density at radius 3 is 3.00 bits per heavy atom. The van der Waals surface area contributed by atoms with E-state index in [4.69, 9.17) is 4.74 Å². The van der Waals surface area contributed by atoms with E-state index in [0.717, 1.165) is 6.54 Å². The summed E-state index contributed by atoms with van der Waals surface area (Å²) in [4.78, 5) is 0. The molecule has 1 fully saturated rings. The predicted molar refractivity (Wildman–Crippen MR) is 59.1 cm³/mol. The molecule has 1 aliphatic heterocycles. The third kappa shape index (κ3) is 2.18. The van der Waals surface area contributed by atoms with Crippen molar-refractivity contribution in [3.8, 4) is 5.75 Å². The number of hydrogen-bond acceptors (Lipinski definition) is 3. The number of ether oxygens (including phenoxy) is 1. The average molecular weight is 225 g/mol. The van der Waals surface area contributed by atoms with Gasteiger partial charge >= 0.3 is 0 Å². The zero-order valence-corrected chi connectivity index (χ0v) is 9.29. The number of halogens is 1. The molecule has 1 aromatic carbocycles. The number of para-hydroxylation sites is 1. The Morgan fingerprint density at radius 1 is 1.56 bits per heavy atom. The lowest BCUT2D eigenvalue weighted by Crippen LogP contribution is -2.33. The van der Waals surface area contributed by atoms with Crippen molar-refractivity contribution in [3.05, 3.63) is 29.6 Å². The first-order valence-electron chi connectivity index (χ1n) is 5.39. The fourth-order valence-corrected chi connectivity index (χ4v) is 2.16. The molecule has 0 radical (unpaired) electrons. The van der Waals surface area contributed by atoms with E-state index in [9.17, 15) is 9.50 Å². The van der Waals surface area contributed by atoms with Crippen LogP contribution >= 0.6 is 0 Å². The van der Waals surface area contributed by atoms with E-state index in [0.29, 0.717) is 24.9 Å². The molecular weight excluding hydrogens is 209 g/mol. The van der Waals surface area contributed by atoms with Crippen LogP contribution in [0.15, 0.2) is 18.2 Å². The number of aliphatic hydroxyl groups is 1. The van der Waals surface area contributed by atoms with E-state index in [-0.39, 0.29) is 11.6 Å². The summed E-state index contributed by atoms with van der Waals surface area (Å²) < 4.78 is 18.5. The Hall–Kier alpha value is -1.13. The zero-order chi connectivity index (χ0) is 11.6. The highest BCUT2D eigenvalue weighted by molar-refractivity contribution is 5.36. The van der Waals surface area contributed by atoms with Gasteiger partial charge in [-0.3, -0.25) is 0 Å². The van der Waals surface area contributed by atoms with Gasteiger partial charge in [0.25, 0.3) is 0 Å². The van der Waals surface area contributed by atoms with Crippen molar-refractivity contribution < 1.29 is 14.2 Å². The van der Waals surface area contributed by atoms with Gasteiger partial charge in [0, 0.05) is 18.5 Å². The van der Waals surface area contributed by atoms with E-state index in [1.165, 1.54) is 13.2 Å². The largest absolute Gasteiger partial charge is 0.493 e. The second-order valence-electron chi connectivity index (χ2n) is 4.26. The standard InChI is InChI=1S/C12H16FNO2/c1-16-11-9(3-2-4-10(11)13)7-12(15)5-6-14-8-12/h2-4,14-15H,5-8H2,1H3. The van der Waals surface area contributed by atoms with Gasteiger partial charge in [-0.25, -0.2) is 4.39 Å². The van der Waals surface area contributed by atoms with Crippen molar-refractivity contribution in [1.82, 2.24) is 5.32 Å². The van der Waals surface area contributed by atoms with Gasteiger partial charge in [-0.1, -0.05) is 12.1 Å². The fourth-order valence-electron chi connectivity index (χ4n) is 2.16. The molecule has 1 unspecified atom stereocenters. The molecule has 1 aromatic rings. The van der Waals surface area contributed by atoms with Crippen molar-refractivity contribution in [1.29, 1.82) is 0 Å². The Labute approximate surface area is 94.2 Å². The quantitative estimate of drug-likeness (QED) is 0.809. The van der Waals surface area contributed by atoms with Gasteiger partial charge in [0.1, 0.15) is 0 Å². The van der Waals surface area contributed by atoms with Crippen molar-refractivity contribution in [2.45, 2.75) is 18.4 Å². The molecule has 0 saturated carbocycles. The lowest BCUT2D eigenvalue weighted by molar-refractivity contribution is 0.0611. The van der Waals surface area contributed by atoms with Crippen LogP contribution in [-0.2, 0) is 6.42 Å². The molecule has 4 heteroatoms. The molecule has 0 aromatic heterocycles. The molecule has 88 valence electrons. The van der Waals surface area contributed by atoms with Crippen molar-refractivity contribution >= 4 is 0 Å². The molecule has 2 rings (SSSR count). The van der Waals surface area contributed by atoms with Crippen LogP contribution in [0.5, 0.6) is 5.75 Å². The Morgan fingerprint density at radius 2 is 2.38 bits per heavy atom. The van der Waals surface area contributed by atoms with E-state index in [2.05, 4.69) is 5.32 Å². The number of hydrogen-bond donors (Lipinski definition) is 2. The van der Waals surface area contributed by atoms with Crippen molar-refractivity contribution in [3.63, 3.8) is 0 Å². The molecule has 1 aliphatic rings. The molecule has 16 heavy (non-hydrogen) atoms. The van der Waals surface area contributed by atoms with Gasteiger partial charge in [0.2, 0.25) is 0 Å². The van der Waals surface area contributed by atoms with Crippen LogP contribution < -0.4 is 10.1 Å². The smallest absolute Gasteiger partial charge is 0.165 e. The monoisotopic (exact) mass is 225 g/mol. The maximum atomic E-state index is 13.4. The van der Waals surface area contributed by atoms with Crippen LogP contribution in [0.4, 0.5) is 4.39 Å². The Balaban J connectivity index is 2.23. The zero-order valence-electron chi connectivity index (χ0n) is 9.29. The maximum Gasteiger partial charge on any atom is 0.165 e. The molecule has 0 amide bonds. The van der Waals surface area contributed by atoms with Gasteiger partial charge < -0.3 is 15.2 Å². The second-order valence-corrected chi connectivity index (χ2v) is 4.26. The molecule has 3 nitrogen and oxygen atoms in total. The van der Waals surface area contributed by atoms with Gasteiger partial charge in [-0.05, 0) is 19.0 Å². The minimum Gasteiger partial charge on any atom is -0.493 e. The highest BCUT2D eigenvalue weighted by Crippen LogP contribution is 2.28. The third-order valence-electron chi connectivity index (χ3n) is 2.99. The summed E-state index contributed by atoms with van der Waals surface area (Å²) in [5.74, 6) is -0.141. The predicted octanol–water partition coefficient (Wildman–Crippen LogP) is 1.10. The minimum atomic E-state index is -0.777. The van der Waals surface area contributed by atoms with Crippen LogP contribution in [-0.4, -0.2) is 30.9 Å². The van der Waals surface area contributed by atoms with Gasteiger partial charge in [-0.15, -0.1) is 0 Å². The molecule has 0 aliphatic carbocycles. The van der Waals surface area contributed by atoms with Gasteiger partial charge in [-0.2, -0.15) is 0 Å². The fraction of sp³-hybridized carbons (Fsp3) is 0.500. The SMILES string of the molecule is COc1c(F)cccc1CC1(O)CCNC1. The molecule has 1 saturated heterocycles. The number of β-amino-alcohol motifs (C(OH)–C–C–N with tert-alkyl or cyclic N) is 1. The number of methoxy groups -OCH3 is 1. The summed E-state index contributed by atoms with van der Waals surface area (Å²) in [7, 11) is 1.44. The average Bonchev–Trinajstić information content (AvgIpc) is 2.65. The van der Waals surface area contributed by atoms with Crippen LogP contribution in [0.1, 0.15) is 12.0 Å². The minimum absolute atomic E-state index is 0.239. The van der Waals surface area contributed by atoms with Gasteiger partial charge in [0.05, 0.1) is 12.7 Å². The summed E-state index contributed by atoms with van der Waals surface area (Å²) in [6, 6.07) is 4.79. The highest BCUT2D eigenvalue weighted by atomic mass is 19.1. The van der Waals surface area contributed by atoms with E-state index < -0.39 is 5.60 Å². The first-order chi connectivity index (χ1) is 7.64. The molecule has 0 bridgehead atoms. The maximum absolute atomic E-state index is 13.4. The summed E-state index contributed by atoms with van der Waals surface area (Å²) in [5.41, 5.74) is -0.0603. The summed E-state index contributed by atoms with van der Waals surface area (Å²) in [5, 5.41) is 13.3. The van der Waals surface area contributed by atoms with Crippen LogP contribution in [0.25, 0.3) is 0 Å². The van der Waals surface area contributed by atoms with Crippen LogP contribution in [0.3, 0.4) is 0 Å². The molecule has 1 heterocycles. The topological polar surface area (TPSA) is 41.5 Å². The summed E-state index contributed by atoms with van der Waals surface area (Å²) in [6.07, 6.45) is 1.10. The van der Waals surface area contributed by atoms with Crippen molar-refractivity contribution in [2.24, 2.45) is 0 Å². The van der Waals surface area contributed by atoms with Crippen LogP contribution in [0, 0.1) is 5.82 Å². The summed E-state index contributed by atoms with van der Waals surface area (Å²) in [6.45, 7) is 1.35. The lowest BCUT2D eigenvalue weighted by atomic mass is 9.93. The van der Waals surface area contributed by atoms with E-state index >= 15 is 0 Å². The van der Waals surface area contributed by atoms with Gasteiger partial charge in [0.15, 0.2) is 11.6 Å². The first-order valence-corrected chi connectivity index (χ1v) is 5.39. The molecule has 1 atom stereocenters. The highest BCUT2D eigenvalue weighted by Gasteiger charge is 2.32. The normalized spacial score (nSPS) is 24.7. The lowest BCUT2D eigenvalue weighted by Gasteiger charge is -2.22. The Kier molecular flexibility index (Phi) is 3.12. The van der Waals surface area contributed by atoms with Crippen LogP contribution in [0.2, 0.25) is 0 Å². The molecule has 2 N–H and O–H groups in total. The molecular formula is C12H16FNO2. The Bertz CT molecular complexity index is 375. The third-order valence-corrected chi connectivity index (χ3v) is 2.99. The number of nitrogens with one attached hydrogen (secondary N) is 1.